The molecule has 1 aromatic carbocycles. The molecule has 0 bridgehead atoms. The molecule has 1 atom stereocenters. The summed E-state index contributed by atoms with van der Waals surface area (Å²) in [7, 11) is 0. The van der Waals surface area contributed by atoms with E-state index in [4.69, 9.17) is 0 Å². The van der Waals surface area contributed by atoms with E-state index in [1.54, 1.807) is 12.1 Å². The fraction of sp³-hybridized carbons (Fsp3) is 0.571. The van der Waals surface area contributed by atoms with Gasteiger partial charge in [-0.3, -0.25) is 9.69 Å². The Morgan fingerprint density at radius 1 is 1.08 bits per heavy atom. The van der Waals surface area contributed by atoms with E-state index in [1.807, 2.05) is 12.1 Å². The molecule has 1 spiro atoms. The predicted octanol–water partition coefficient (Wildman–Crippen LogP) is 3.75. The number of allylic oxidation sites excluding steroid dienone is 1. The van der Waals surface area contributed by atoms with Crippen LogP contribution in [-0.2, 0) is 11.3 Å². The van der Waals surface area contributed by atoms with Gasteiger partial charge in [0.15, 0.2) is 0 Å². The lowest BCUT2D eigenvalue weighted by Gasteiger charge is -2.40. The molecule has 3 aliphatic rings. The lowest BCUT2D eigenvalue weighted by molar-refractivity contribution is -0.126. The summed E-state index contributed by atoms with van der Waals surface area (Å²) in [6.07, 6.45) is 8.80. The monoisotopic (exact) mass is 342 g/mol. The van der Waals surface area contributed by atoms with Crippen molar-refractivity contribution in [2.75, 3.05) is 26.2 Å². The summed E-state index contributed by atoms with van der Waals surface area (Å²) in [5.41, 5.74) is 2.46. The Hall–Kier alpha value is -1.68. The maximum atomic E-state index is 13.1. The van der Waals surface area contributed by atoms with Gasteiger partial charge >= 0.3 is 0 Å². The zero-order chi connectivity index (χ0) is 17.3. The number of piperidine rings is 1. The van der Waals surface area contributed by atoms with Gasteiger partial charge in [0.25, 0.3) is 0 Å². The number of halogens is 1. The standard InChI is InChI=1S/C21H27FN2O/c22-19-8-6-17(7-9-19)14-23-12-3-10-21(15-23)11-13-24(16-21)20(25)18-4-1-2-5-18/h4,6-9H,1-3,5,10-16H2. The minimum absolute atomic E-state index is 0.176. The van der Waals surface area contributed by atoms with Crippen molar-refractivity contribution in [1.29, 1.82) is 0 Å². The number of rotatable bonds is 3. The van der Waals surface area contributed by atoms with Crippen molar-refractivity contribution in [3.8, 4) is 0 Å². The molecule has 2 fully saturated rings. The second-order valence-corrected chi connectivity index (χ2v) is 8.04. The molecule has 0 radical (unpaired) electrons. The molecule has 0 saturated carbocycles. The quantitative estimate of drug-likeness (QED) is 0.835. The molecule has 1 aliphatic carbocycles. The highest BCUT2D eigenvalue weighted by atomic mass is 19.1. The summed E-state index contributed by atoms with van der Waals surface area (Å²) in [4.78, 5) is 17.3. The summed E-state index contributed by atoms with van der Waals surface area (Å²) in [5, 5.41) is 0. The van der Waals surface area contributed by atoms with Gasteiger partial charge in [-0.25, -0.2) is 4.39 Å². The smallest absolute Gasteiger partial charge is 0.249 e. The average Bonchev–Trinajstić information content (AvgIpc) is 3.27. The molecule has 2 heterocycles. The van der Waals surface area contributed by atoms with Gasteiger partial charge in [0.2, 0.25) is 5.91 Å². The van der Waals surface area contributed by atoms with Gasteiger partial charge in [-0.15, -0.1) is 0 Å². The first kappa shape index (κ1) is 16.8. The van der Waals surface area contributed by atoms with Crippen LogP contribution in [0.15, 0.2) is 35.9 Å². The highest BCUT2D eigenvalue weighted by molar-refractivity contribution is 5.94. The van der Waals surface area contributed by atoms with Crippen LogP contribution in [0.25, 0.3) is 0 Å². The van der Waals surface area contributed by atoms with E-state index in [2.05, 4.69) is 15.9 Å². The number of likely N-dealkylation sites (tertiary alicyclic amines) is 2. The molecule has 1 unspecified atom stereocenters. The molecule has 1 aromatic rings. The van der Waals surface area contributed by atoms with E-state index in [9.17, 15) is 9.18 Å². The van der Waals surface area contributed by atoms with Crippen molar-refractivity contribution < 1.29 is 9.18 Å². The van der Waals surface area contributed by atoms with Gasteiger partial charge < -0.3 is 4.90 Å². The van der Waals surface area contributed by atoms with Crippen LogP contribution in [0.1, 0.15) is 44.1 Å². The van der Waals surface area contributed by atoms with Gasteiger partial charge in [0.05, 0.1) is 0 Å². The molecule has 4 heteroatoms. The lowest BCUT2D eigenvalue weighted by atomic mass is 9.79. The zero-order valence-electron chi connectivity index (χ0n) is 14.8. The van der Waals surface area contributed by atoms with Crippen LogP contribution in [0.2, 0.25) is 0 Å². The molecule has 2 saturated heterocycles. The highest BCUT2D eigenvalue weighted by Crippen LogP contribution is 2.40. The van der Waals surface area contributed by atoms with Gasteiger partial charge in [0, 0.05) is 37.2 Å². The minimum Gasteiger partial charge on any atom is -0.338 e. The number of amides is 1. The van der Waals surface area contributed by atoms with Crippen molar-refractivity contribution in [3.05, 3.63) is 47.3 Å². The van der Waals surface area contributed by atoms with Gasteiger partial charge in [0.1, 0.15) is 5.82 Å². The van der Waals surface area contributed by atoms with Crippen LogP contribution in [0, 0.1) is 11.2 Å². The second kappa shape index (κ2) is 6.91. The minimum atomic E-state index is -0.176. The summed E-state index contributed by atoms with van der Waals surface area (Å²) in [5.74, 6) is 0.107. The first-order valence-electron chi connectivity index (χ1n) is 9.59. The van der Waals surface area contributed by atoms with Gasteiger partial charge in [-0.2, -0.15) is 0 Å². The topological polar surface area (TPSA) is 23.6 Å². The van der Waals surface area contributed by atoms with E-state index < -0.39 is 0 Å². The summed E-state index contributed by atoms with van der Waals surface area (Å²) >= 11 is 0. The van der Waals surface area contributed by atoms with Gasteiger partial charge in [-0.1, -0.05) is 18.2 Å². The number of carbonyl (C=O) groups is 1. The lowest BCUT2D eigenvalue weighted by Crippen LogP contribution is -2.45. The van der Waals surface area contributed by atoms with Crippen LogP contribution >= 0.6 is 0 Å². The van der Waals surface area contributed by atoms with E-state index in [1.165, 1.54) is 18.4 Å². The fourth-order valence-electron chi connectivity index (χ4n) is 4.80. The Labute approximate surface area is 149 Å². The van der Waals surface area contributed by atoms with Crippen molar-refractivity contribution in [3.63, 3.8) is 0 Å². The van der Waals surface area contributed by atoms with E-state index in [0.717, 1.165) is 64.0 Å². The molecular weight excluding hydrogens is 315 g/mol. The van der Waals surface area contributed by atoms with Crippen LogP contribution in [-0.4, -0.2) is 41.9 Å². The molecule has 4 rings (SSSR count). The van der Waals surface area contributed by atoms with Crippen molar-refractivity contribution in [2.24, 2.45) is 5.41 Å². The fourth-order valence-corrected chi connectivity index (χ4v) is 4.80. The van der Waals surface area contributed by atoms with E-state index in [-0.39, 0.29) is 17.1 Å². The number of hydrogen-bond donors (Lipinski definition) is 0. The van der Waals surface area contributed by atoms with Crippen molar-refractivity contribution in [1.82, 2.24) is 9.80 Å². The number of benzene rings is 1. The van der Waals surface area contributed by atoms with Crippen LogP contribution in [0.4, 0.5) is 4.39 Å². The Morgan fingerprint density at radius 2 is 1.92 bits per heavy atom. The average molecular weight is 342 g/mol. The molecular formula is C21H27FN2O. The number of hydrogen-bond acceptors (Lipinski definition) is 2. The zero-order valence-corrected chi connectivity index (χ0v) is 14.8. The third kappa shape index (κ3) is 3.64. The Bertz CT molecular complexity index is 669. The molecule has 3 nitrogen and oxygen atoms in total. The maximum Gasteiger partial charge on any atom is 0.249 e. The predicted molar refractivity (Wildman–Crippen MR) is 96.5 cm³/mol. The third-order valence-corrected chi connectivity index (χ3v) is 6.10. The highest BCUT2D eigenvalue weighted by Gasteiger charge is 2.43. The van der Waals surface area contributed by atoms with Crippen molar-refractivity contribution in [2.45, 2.75) is 45.1 Å². The largest absolute Gasteiger partial charge is 0.338 e. The summed E-state index contributed by atoms with van der Waals surface area (Å²) < 4.78 is 13.1. The molecule has 1 amide bonds. The maximum absolute atomic E-state index is 13.1. The summed E-state index contributed by atoms with van der Waals surface area (Å²) in [6.45, 7) is 4.83. The molecule has 134 valence electrons. The third-order valence-electron chi connectivity index (χ3n) is 6.10. The number of nitrogens with zero attached hydrogens (tertiary/aromatic N) is 2. The van der Waals surface area contributed by atoms with Crippen molar-refractivity contribution >= 4 is 5.91 Å². The SMILES string of the molecule is O=C(C1=CCCC1)N1CCC2(CCCN(Cc3ccc(F)cc3)C2)C1. The Balaban J connectivity index is 1.39. The van der Waals surface area contributed by atoms with Crippen LogP contribution in [0.5, 0.6) is 0 Å². The Kier molecular flexibility index (Phi) is 4.63. The summed E-state index contributed by atoms with van der Waals surface area (Å²) in [6, 6.07) is 6.85. The Morgan fingerprint density at radius 3 is 2.68 bits per heavy atom. The van der Waals surface area contributed by atoms with E-state index in [0.29, 0.717) is 0 Å². The first-order valence-corrected chi connectivity index (χ1v) is 9.59. The molecule has 25 heavy (non-hydrogen) atoms. The van der Waals surface area contributed by atoms with Crippen LogP contribution < -0.4 is 0 Å². The first-order chi connectivity index (χ1) is 12.1. The van der Waals surface area contributed by atoms with Crippen LogP contribution in [0.3, 0.4) is 0 Å². The molecule has 2 aliphatic heterocycles. The number of carbonyl (C=O) groups excluding carboxylic acids is 1. The molecule has 0 N–H and O–H groups in total. The second-order valence-electron chi connectivity index (χ2n) is 8.04. The molecule has 0 aromatic heterocycles. The normalized spacial score (nSPS) is 27.1. The van der Waals surface area contributed by atoms with Gasteiger partial charge in [-0.05, 0) is 62.8 Å². The van der Waals surface area contributed by atoms with E-state index >= 15 is 0 Å².